The van der Waals surface area contributed by atoms with Gasteiger partial charge in [0.05, 0.1) is 6.01 Å². The first-order valence-electron chi connectivity index (χ1n) is 4.50. The van der Waals surface area contributed by atoms with E-state index >= 15 is 0 Å². The average Bonchev–Trinajstić information content (AvgIpc) is 2.03. The van der Waals surface area contributed by atoms with Gasteiger partial charge in [-0.2, -0.15) is 0 Å². The number of hydrogen-bond acceptors (Lipinski definition) is 2. The van der Waals surface area contributed by atoms with Crippen LogP contribution in [0.1, 0.15) is 45.4 Å². The van der Waals surface area contributed by atoms with Gasteiger partial charge in [0.1, 0.15) is 0 Å². The van der Waals surface area contributed by atoms with Crippen molar-refractivity contribution in [1.82, 2.24) is 0 Å². The van der Waals surface area contributed by atoms with E-state index in [2.05, 4.69) is 11.9 Å². The molecule has 0 spiro atoms. The Balaban J connectivity index is 2.84. The van der Waals surface area contributed by atoms with E-state index in [1.807, 2.05) is 6.01 Å². The lowest BCUT2D eigenvalue weighted by molar-refractivity contribution is 0.612. The summed E-state index contributed by atoms with van der Waals surface area (Å²) in [4.78, 5) is 3.71. The monoisotopic (exact) mass is 154 g/mol. The predicted molar refractivity (Wildman–Crippen MR) is 48.4 cm³/mol. The molecule has 1 N–H and O–H groups in total. The quantitative estimate of drug-likeness (QED) is 0.432. The molecule has 11 heavy (non-hydrogen) atoms. The van der Waals surface area contributed by atoms with Gasteiger partial charge in [-0.15, -0.1) is 0 Å². The van der Waals surface area contributed by atoms with Gasteiger partial charge in [-0.05, 0) is 6.42 Å². The maximum absolute atomic E-state index is 6.53. The van der Waals surface area contributed by atoms with Crippen LogP contribution < -0.4 is 0 Å². The molecule has 0 aromatic rings. The summed E-state index contributed by atoms with van der Waals surface area (Å²) in [6.45, 7) is 3.01. The van der Waals surface area contributed by atoms with E-state index in [-0.39, 0.29) is 0 Å². The van der Waals surface area contributed by atoms with Crippen LogP contribution in [-0.4, -0.2) is 12.6 Å². The second kappa shape index (κ2) is 9.38. The number of unbranched alkanes of at least 4 members (excludes halogenated alkanes) is 5. The van der Waals surface area contributed by atoms with Gasteiger partial charge >= 0.3 is 0 Å². The summed E-state index contributed by atoms with van der Waals surface area (Å²) in [5.74, 6) is 0. The van der Waals surface area contributed by atoms with E-state index in [0.29, 0.717) is 0 Å². The van der Waals surface area contributed by atoms with Crippen molar-refractivity contribution < 1.29 is 0 Å². The van der Waals surface area contributed by atoms with Gasteiger partial charge in [0.25, 0.3) is 0 Å². The molecular weight excluding hydrogens is 136 g/mol. The van der Waals surface area contributed by atoms with E-state index in [4.69, 9.17) is 5.41 Å². The fraction of sp³-hybridized carbons (Fsp3) is 0.889. The molecule has 0 unspecified atom stereocenters. The minimum atomic E-state index is 0.787. The molecular formula is C9H18N2. The largest absolute Gasteiger partial charge is 0.242 e. The molecule has 0 aliphatic heterocycles. The summed E-state index contributed by atoms with van der Waals surface area (Å²) in [6, 6.07) is 2.04. The summed E-state index contributed by atoms with van der Waals surface area (Å²) < 4.78 is 0. The third-order valence-corrected chi connectivity index (χ3v) is 1.70. The third kappa shape index (κ3) is 9.38. The number of aliphatic imine (C=N–C) groups is 1. The lowest BCUT2D eigenvalue weighted by Gasteiger charge is -1.96. The van der Waals surface area contributed by atoms with Crippen LogP contribution in [0.25, 0.3) is 0 Å². The first-order valence-corrected chi connectivity index (χ1v) is 4.50. The summed E-state index contributed by atoms with van der Waals surface area (Å²) in [5.41, 5.74) is 0. The molecule has 2 heteroatoms. The van der Waals surface area contributed by atoms with Crippen molar-refractivity contribution >= 4 is 6.01 Å². The van der Waals surface area contributed by atoms with Gasteiger partial charge in [0, 0.05) is 6.54 Å². The standard InChI is InChI=1S/C9H18N2/c1-2-3-4-5-6-7-8-11-9-10/h10H,2-8H2,1H3. The van der Waals surface area contributed by atoms with Crippen LogP contribution in [0.15, 0.2) is 4.99 Å². The first-order chi connectivity index (χ1) is 5.41. The minimum Gasteiger partial charge on any atom is -0.242 e. The van der Waals surface area contributed by atoms with E-state index in [1.54, 1.807) is 0 Å². The van der Waals surface area contributed by atoms with Crippen molar-refractivity contribution in [2.45, 2.75) is 45.4 Å². The first kappa shape index (κ1) is 10.4. The fourth-order valence-electron chi connectivity index (χ4n) is 1.03. The van der Waals surface area contributed by atoms with Crippen LogP contribution in [0.3, 0.4) is 0 Å². The van der Waals surface area contributed by atoms with Gasteiger partial charge in [-0.25, -0.2) is 10.4 Å². The number of hydrogen-bond donors (Lipinski definition) is 1. The molecule has 0 aliphatic rings. The number of nitrogens with one attached hydrogen (secondary N) is 1. The molecule has 64 valence electrons. The average molecular weight is 154 g/mol. The molecule has 0 aliphatic carbocycles. The molecule has 0 fully saturated rings. The van der Waals surface area contributed by atoms with Crippen LogP contribution in [0, 0.1) is 5.41 Å². The topological polar surface area (TPSA) is 36.2 Å². The van der Waals surface area contributed by atoms with E-state index < -0.39 is 0 Å². The molecule has 0 saturated carbocycles. The summed E-state index contributed by atoms with van der Waals surface area (Å²) in [5, 5.41) is 6.53. The Morgan fingerprint density at radius 3 is 2.36 bits per heavy atom. The van der Waals surface area contributed by atoms with Crippen LogP contribution in [0.4, 0.5) is 0 Å². The third-order valence-electron chi connectivity index (χ3n) is 1.70. The van der Waals surface area contributed by atoms with Gasteiger partial charge < -0.3 is 0 Å². The Hall–Kier alpha value is -0.620. The van der Waals surface area contributed by atoms with Crippen molar-refractivity contribution in [1.29, 1.82) is 5.41 Å². The van der Waals surface area contributed by atoms with E-state index in [1.165, 1.54) is 32.1 Å². The van der Waals surface area contributed by atoms with Crippen molar-refractivity contribution in [2.24, 2.45) is 4.99 Å². The van der Waals surface area contributed by atoms with Crippen LogP contribution in [0.2, 0.25) is 0 Å². The summed E-state index contributed by atoms with van der Waals surface area (Å²) in [6.07, 6.45) is 7.71. The Morgan fingerprint density at radius 2 is 1.73 bits per heavy atom. The molecule has 0 aromatic heterocycles. The molecule has 0 bridgehead atoms. The number of rotatable bonds is 7. The smallest absolute Gasteiger partial charge is 0.0861 e. The zero-order chi connectivity index (χ0) is 8.36. The fourth-order valence-corrected chi connectivity index (χ4v) is 1.03. The molecule has 0 aromatic carbocycles. The van der Waals surface area contributed by atoms with Crippen molar-refractivity contribution in [3.05, 3.63) is 0 Å². The molecule has 0 saturated heterocycles. The lowest BCUT2D eigenvalue weighted by Crippen LogP contribution is -1.81. The minimum absolute atomic E-state index is 0.787. The molecule has 0 amide bonds. The SMILES string of the molecule is CCCCCCCCN=C=N. The molecule has 0 rings (SSSR count). The van der Waals surface area contributed by atoms with Crippen molar-refractivity contribution in [3.8, 4) is 0 Å². The Kier molecular flexibility index (Phi) is 8.85. The molecule has 0 radical (unpaired) electrons. The van der Waals surface area contributed by atoms with Gasteiger partial charge in [-0.1, -0.05) is 39.0 Å². The Labute approximate surface area is 69.2 Å². The van der Waals surface area contributed by atoms with Gasteiger partial charge in [-0.3, -0.25) is 0 Å². The van der Waals surface area contributed by atoms with Crippen LogP contribution in [0.5, 0.6) is 0 Å². The molecule has 0 heterocycles. The maximum Gasteiger partial charge on any atom is 0.0861 e. The zero-order valence-electron chi connectivity index (χ0n) is 7.40. The van der Waals surface area contributed by atoms with Crippen molar-refractivity contribution in [3.63, 3.8) is 0 Å². The predicted octanol–water partition coefficient (Wildman–Crippen LogP) is 3.10. The summed E-state index contributed by atoms with van der Waals surface area (Å²) >= 11 is 0. The van der Waals surface area contributed by atoms with Crippen LogP contribution >= 0.6 is 0 Å². The molecule has 0 atom stereocenters. The maximum atomic E-state index is 6.53. The zero-order valence-corrected chi connectivity index (χ0v) is 7.40. The highest BCUT2D eigenvalue weighted by atomic mass is 14.7. The Bertz CT molecular complexity index is 115. The van der Waals surface area contributed by atoms with Crippen molar-refractivity contribution in [2.75, 3.05) is 6.54 Å². The lowest BCUT2D eigenvalue weighted by atomic mass is 10.1. The van der Waals surface area contributed by atoms with Gasteiger partial charge in [0.2, 0.25) is 0 Å². The molecule has 2 nitrogen and oxygen atoms in total. The second-order valence-corrected chi connectivity index (χ2v) is 2.76. The van der Waals surface area contributed by atoms with E-state index in [0.717, 1.165) is 13.0 Å². The van der Waals surface area contributed by atoms with Gasteiger partial charge in [0.15, 0.2) is 0 Å². The highest BCUT2D eigenvalue weighted by molar-refractivity contribution is 5.35. The normalized spacial score (nSPS) is 9.18. The Morgan fingerprint density at radius 1 is 1.09 bits per heavy atom. The highest BCUT2D eigenvalue weighted by Gasteiger charge is 1.87. The van der Waals surface area contributed by atoms with Crippen LogP contribution in [-0.2, 0) is 0 Å². The second-order valence-electron chi connectivity index (χ2n) is 2.76. The van der Waals surface area contributed by atoms with E-state index in [9.17, 15) is 0 Å². The summed E-state index contributed by atoms with van der Waals surface area (Å²) in [7, 11) is 0. The number of nitrogens with zero attached hydrogens (tertiary/aromatic N) is 1. The highest BCUT2D eigenvalue weighted by Crippen LogP contribution is 2.04.